The normalized spacial score (nSPS) is 37.9. The molecule has 2 fully saturated rings. The van der Waals surface area contributed by atoms with Crippen LogP contribution < -0.4 is 0 Å². The Morgan fingerprint density at radius 3 is 2.41 bits per heavy atom. The molecule has 0 aromatic heterocycles. The van der Waals surface area contributed by atoms with Crippen LogP contribution in [0.15, 0.2) is 0 Å². The van der Waals surface area contributed by atoms with Gasteiger partial charge in [-0.1, -0.05) is 41.0 Å². The zero-order chi connectivity index (χ0) is 16.8. The van der Waals surface area contributed by atoms with Crippen molar-refractivity contribution in [2.45, 2.75) is 91.0 Å². The summed E-state index contributed by atoms with van der Waals surface area (Å²) in [5, 5.41) is 9.92. The Bertz CT molecular complexity index is 387. The lowest BCUT2D eigenvalue weighted by atomic mass is 9.62. The number of rotatable bonds is 4. The summed E-state index contributed by atoms with van der Waals surface area (Å²) in [7, 11) is -1.69. The van der Waals surface area contributed by atoms with Crippen LogP contribution in [0, 0.1) is 23.2 Å². The van der Waals surface area contributed by atoms with Crippen molar-refractivity contribution >= 4 is 8.32 Å². The van der Waals surface area contributed by atoms with Crippen LogP contribution in [-0.4, -0.2) is 26.1 Å². The standard InChI is InChI=1S/C19H38O2Si/c1-14(13-20)15-10-11-16-17(9-8-12-19(15,16)5)21-22(6,7)18(2,3)4/h14-17,20H,8-13H2,1-7H3/t14-,15?,16?,17+,19-/m1/s1. The molecule has 2 saturated carbocycles. The maximum atomic E-state index is 9.63. The van der Waals surface area contributed by atoms with Gasteiger partial charge in [0, 0.05) is 12.7 Å². The number of fused-ring (bicyclic) bond motifs is 1. The van der Waals surface area contributed by atoms with Crippen LogP contribution in [0.25, 0.3) is 0 Å². The third-order valence-electron chi connectivity index (χ3n) is 7.36. The lowest BCUT2D eigenvalue weighted by Gasteiger charge is -2.49. The fourth-order valence-electron chi connectivity index (χ4n) is 4.92. The fraction of sp³-hybridized carbons (Fsp3) is 1.00. The monoisotopic (exact) mass is 326 g/mol. The third-order valence-corrected chi connectivity index (χ3v) is 11.9. The van der Waals surface area contributed by atoms with Gasteiger partial charge in [0.15, 0.2) is 8.32 Å². The highest BCUT2D eigenvalue weighted by Crippen LogP contribution is 2.59. The largest absolute Gasteiger partial charge is 0.414 e. The summed E-state index contributed by atoms with van der Waals surface area (Å²) in [4.78, 5) is 0. The van der Waals surface area contributed by atoms with E-state index in [1.807, 2.05) is 0 Å². The highest BCUT2D eigenvalue weighted by molar-refractivity contribution is 6.74. The molecule has 0 heterocycles. The van der Waals surface area contributed by atoms with Gasteiger partial charge in [-0.3, -0.25) is 0 Å². The summed E-state index contributed by atoms with van der Waals surface area (Å²) in [6.07, 6.45) is 6.89. The Hall–Kier alpha value is 0.137. The van der Waals surface area contributed by atoms with Crippen molar-refractivity contribution in [1.82, 2.24) is 0 Å². The lowest BCUT2D eigenvalue weighted by Crippen LogP contribution is -2.50. The van der Waals surface area contributed by atoms with Gasteiger partial charge < -0.3 is 9.53 Å². The molecule has 0 radical (unpaired) electrons. The smallest absolute Gasteiger partial charge is 0.192 e. The molecule has 0 aromatic carbocycles. The summed E-state index contributed by atoms with van der Waals surface area (Å²) in [6.45, 7) is 16.9. The second-order valence-corrected chi connectivity index (χ2v) is 14.5. The van der Waals surface area contributed by atoms with Gasteiger partial charge in [-0.05, 0) is 67.0 Å². The van der Waals surface area contributed by atoms with Gasteiger partial charge >= 0.3 is 0 Å². The second kappa shape index (κ2) is 6.21. The molecule has 0 aromatic rings. The van der Waals surface area contributed by atoms with Crippen LogP contribution >= 0.6 is 0 Å². The topological polar surface area (TPSA) is 29.5 Å². The van der Waals surface area contributed by atoms with E-state index in [1.165, 1.54) is 32.1 Å². The fourth-order valence-corrected chi connectivity index (χ4v) is 6.31. The predicted molar refractivity (Wildman–Crippen MR) is 96.5 cm³/mol. The van der Waals surface area contributed by atoms with Gasteiger partial charge in [0.1, 0.15) is 0 Å². The van der Waals surface area contributed by atoms with E-state index in [2.05, 4.69) is 47.7 Å². The molecule has 5 atom stereocenters. The molecule has 0 amide bonds. The van der Waals surface area contributed by atoms with E-state index in [4.69, 9.17) is 4.43 Å². The maximum absolute atomic E-state index is 9.63. The molecular formula is C19H38O2Si. The first-order valence-electron chi connectivity index (χ1n) is 9.31. The second-order valence-electron chi connectivity index (χ2n) is 9.76. The van der Waals surface area contributed by atoms with E-state index < -0.39 is 8.32 Å². The molecule has 2 aliphatic carbocycles. The summed E-state index contributed by atoms with van der Waals surface area (Å²) in [5.41, 5.74) is 0.382. The van der Waals surface area contributed by atoms with Crippen molar-refractivity contribution in [3.63, 3.8) is 0 Å². The van der Waals surface area contributed by atoms with Crippen LogP contribution in [-0.2, 0) is 4.43 Å². The highest BCUT2D eigenvalue weighted by atomic mass is 28.4. The average molecular weight is 327 g/mol. The van der Waals surface area contributed by atoms with Crippen LogP contribution in [0.5, 0.6) is 0 Å². The molecule has 2 nitrogen and oxygen atoms in total. The van der Waals surface area contributed by atoms with E-state index in [0.717, 1.165) is 0 Å². The molecule has 130 valence electrons. The van der Waals surface area contributed by atoms with Gasteiger partial charge in [0.05, 0.1) is 0 Å². The van der Waals surface area contributed by atoms with Crippen LogP contribution in [0.3, 0.4) is 0 Å². The van der Waals surface area contributed by atoms with E-state index >= 15 is 0 Å². The molecule has 0 saturated heterocycles. The first kappa shape index (κ1) is 18.5. The Kier molecular flexibility index (Phi) is 5.22. The third kappa shape index (κ3) is 3.18. The van der Waals surface area contributed by atoms with Crippen molar-refractivity contribution in [3.8, 4) is 0 Å². The number of hydrogen-bond acceptors (Lipinski definition) is 2. The summed E-state index contributed by atoms with van der Waals surface area (Å²) >= 11 is 0. The minimum absolute atomic E-state index is 0.289. The average Bonchev–Trinajstić information content (AvgIpc) is 2.74. The lowest BCUT2D eigenvalue weighted by molar-refractivity contribution is -0.0259. The van der Waals surface area contributed by atoms with Crippen molar-refractivity contribution in [2.24, 2.45) is 23.2 Å². The molecule has 2 aliphatic rings. The van der Waals surface area contributed by atoms with Crippen LogP contribution in [0.4, 0.5) is 0 Å². The quantitative estimate of drug-likeness (QED) is 0.718. The Morgan fingerprint density at radius 1 is 1.23 bits per heavy atom. The zero-order valence-corrected chi connectivity index (χ0v) is 16.9. The molecule has 0 spiro atoms. The van der Waals surface area contributed by atoms with Gasteiger partial charge in [-0.25, -0.2) is 0 Å². The molecule has 1 N–H and O–H groups in total. The van der Waals surface area contributed by atoms with Crippen LogP contribution in [0.2, 0.25) is 18.1 Å². The van der Waals surface area contributed by atoms with Crippen LogP contribution in [0.1, 0.15) is 66.7 Å². The number of aliphatic hydroxyl groups excluding tert-OH is 1. The Labute approximate surface area is 139 Å². The summed E-state index contributed by atoms with van der Waals surface area (Å²) in [5.74, 6) is 1.81. The first-order chi connectivity index (χ1) is 10.0. The first-order valence-corrected chi connectivity index (χ1v) is 12.2. The minimum Gasteiger partial charge on any atom is -0.414 e. The minimum atomic E-state index is -1.69. The van der Waals surface area contributed by atoms with Gasteiger partial charge in [-0.2, -0.15) is 0 Å². The van der Waals surface area contributed by atoms with Gasteiger partial charge in [0.2, 0.25) is 0 Å². The highest BCUT2D eigenvalue weighted by Gasteiger charge is 2.54. The molecule has 22 heavy (non-hydrogen) atoms. The van der Waals surface area contributed by atoms with Gasteiger partial charge in [-0.15, -0.1) is 0 Å². The molecular weight excluding hydrogens is 288 g/mol. The predicted octanol–water partition coefficient (Wildman–Crippen LogP) is 5.22. The number of aliphatic hydroxyl groups is 1. The SMILES string of the molecule is C[C@H](CO)C1CCC2[C@@H](O[Si](C)(C)C(C)(C)C)CCC[C@]12C. The summed E-state index contributed by atoms with van der Waals surface area (Å²) in [6, 6.07) is 0. The van der Waals surface area contributed by atoms with Gasteiger partial charge in [0.25, 0.3) is 0 Å². The van der Waals surface area contributed by atoms with Crippen molar-refractivity contribution in [3.05, 3.63) is 0 Å². The molecule has 3 heteroatoms. The summed E-state index contributed by atoms with van der Waals surface area (Å²) < 4.78 is 6.86. The molecule has 2 unspecified atom stereocenters. The van der Waals surface area contributed by atoms with Crippen molar-refractivity contribution < 1.29 is 9.53 Å². The van der Waals surface area contributed by atoms with Crippen molar-refractivity contribution in [1.29, 1.82) is 0 Å². The zero-order valence-electron chi connectivity index (χ0n) is 15.9. The molecule has 2 rings (SSSR count). The number of hydrogen-bond donors (Lipinski definition) is 1. The Balaban J connectivity index is 2.17. The van der Waals surface area contributed by atoms with E-state index in [0.29, 0.717) is 35.9 Å². The Morgan fingerprint density at radius 2 is 1.86 bits per heavy atom. The van der Waals surface area contributed by atoms with E-state index in [-0.39, 0.29) is 5.04 Å². The molecule has 0 bridgehead atoms. The van der Waals surface area contributed by atoms with E-state index in [1.54, 1.807) is 0 Å². The van der Waals surface area contributed by atoms with E-state index in [9.17, 15) is 5.11 Å². The van der Waals surface area contributed by atoms with Crippen molar-refractivity contribution in [2.75, 3.05) is 6.61 Å². The molecule has 0 aliphatic heterocycles. The maximum Gasteiger partial charge on any atom is 0.192 e.